The Balaban J connectivity index is 1.56. The van der Waals surface area contributed by atoms with Gasteiger partial charge in [0.05, 0.1) is 18.3 Å². The number of carbonyl (C=O) groups is 2. The van der Waals surface area contributed by atoms with Crippen LogP contribution in [0.15, 0.2) is 64.3 Å². The van der Waals surface area contributed by atoms with Crippen molar-refractivity contribution < 1.29 is 9.59 Å². The molecule has 0 aliphatic rings. The molecule has 132 valence electrons. The lowest BCUT2D eigenvalue weighted by Crippen LogP contribution is -2.35. The van der Waals surface area contributed by atoms with Gasteiger partial charge in [-0.2, -0.15) is 5.10 Å². The summed E-state index contributed by atoms with van der Waals surface area (Å²) in [5.74, 6) is -0.729. The molecule has 0 aliphatic heterocycles. The summed E-state index contributed by atoms with van der Waals surface area (Å²) in [7, 11) is 1.95. The van der Waals surface area contributed by atoms with Crippen LogP contribution < -0.4 is 10.7 Å². The van der Waals surface area contributed by atoms with Crippen LogP contribution in [0.25, 0.3) is 10.9 Å². The van der Waals surface area contributed by atoms with E-state index in [0.29, 0.717) is 10.0 Å². The highest BCUT2D eigenvalue weighted by Crippen LogP contribution is 2.18. The summed E-state index contributed by atoms with van der Waals surface area (Å²) in [5, 5.41) is 7.59. The summed E-state index contributed by atoms with van der Waals surface area (Å²) >= 11 is 3.31. The minimum Gasteiger partial charge on any atom is -0.350 e. The Hall–Kier alpha value is -2.93. The van der Waals surface area contributed by atoms with E-state index in [-0.39, 0.29) is 12.5 Å². The Bertz CT molecular complexity index is 994. The van der Waals surface area contributed by atoms with Crippen molar-refractivity contribution in [2.24, 2.45) is 12.1 Å². The number of nitrogens with one attached hydrogen (secondary N) is 2. The number of para-hydroxylation sites is 1. The molecule has 7 heteroatoms. The van der Waals surface area contributed by atoms with Crippen LogP contribution in [-0.2, 0) is 11.8 Å². The molecule has 1 aromatic heterocycles. The summed E-state index contributed by atoms with van der Waals surface area (Å²) in [4.78, 5) is 23.9. The fourth-order valence-electron chi connectivity index (χ4n) is 2.59. The molecule has 3 aromatic rings. The number of amides is 2. The molecule has 0 spiro atoms. The molecule has 1 heterocycles. The van der Waals surface area contributed by atoms with E-state index in [9.17, 15) is 9.59 Å². The normalized spacial score (nSPS) is 11.0. The minimum absolute atomic E-state index is 0.160. The summed E-state index contributed by atoms with van der Waals surface area (Å²) in [5.41, 5.74) is 4.88. The number of aryl methyl sites for hydroxylation is 1. The predicted octanol–water partition coefficient (Wildman–Crippen LogP) is 2.82. The zero-order valence-corrected chi connectivity index (χ0v) is 15.7. The lowest BCUT2D eigenvalue weighted by atomic mass is 10.2. The minimum atomic E-state index is -0.401. The number of halogens is 1. The van der Waals surface area contributed by atoms with Gasteiger partial charge in [-0.05, 0) is 34.1 Å². The van der Waals surface area contributed by atoms with Crippen LogP contribution in [0.5, 0.6) is 0 Å². The van der Waals surface area contributed by atoms with Gasteiger partial charge in [-0.1, -0.05) is 30.3 Å². The summed E-state index contributed by atoms with van der Waals surface area (Å²) in [6, 6.07) is 15.0. The molecule has 3 rings (SSSR count). The van der Waals surface area contributed by atoms with Crippen molar-refractivity contribution in [1.82, 2.24) is 15.3 Å². The maximum absolute atomic E-state index is 12.1. The van der Waals surface area contributed by atoms with Crippen LogP contribution >= 0.6 is 15.9 Å². The lowest BCUT2D eigenvalue weighted by molar-refractivity contribution is -0.120. The highest BCUT2D eigenvalue weighted by atomic mass is 79.9. The number of hydrogen-bond acceptors (Lipinski definition) is 3. The third-order valence-electron chi connectivity index (χ3n) is 3.85. The number of aromatic nitrogens is 1. The standard InChI is InChI=1S/C19H17BrN4O2/c1-24-12-13(14-6-3-5-9-17(14)24)10-22-23-18(25)11-21-19(26)15-7-2-4-8-16(15)20/h2-10,12H,11H2,1H3,(H,21,26)(H,23,25)/b22-10-. The van der Waals surface area contributed by atoms with Crippen LogP contribution in [-0.4, -0.2) is 29.1 Å². The Kier molecular flexibility index (Phi) is 5.48. The molecule has 0 unspecified atom stereocenters. The largest absolute Gasteiger partial charge is 0.350 e. The van der Waals surface area contributed by atoms with E-state index in [1.807, 2.05) is 48.1 Å². The van der Waals surface area contributed by atoms with Gasteiger partial charge in [-0.15, -0.1) is 0 Å². The Morgan fingerprint density at radius 2 is 1.88 bits per heavy atom. The number of rotatable bonds is 5. The number of carbonyl (C=O) groups excluding carboxylic acids is 2. The average Bonchev–Trinajstić information content (AvgIpc) is 2.96. The molecule has 0 aliphatic carbocycles. The molecule has 0 saturated carbocycles. The van der Waals surface area contributed by atoms with Crippen LogP contribution in [0.4, 0.5) is 0 Å². The van der Waals surface area contributed by atoms with Crippen LogP contribution in [0.2, 0.25) is 0 Å². The first kappa shape index (κ1) is 17.9. The molecule has 2 aromatic carbocycles. The molecular weight excluding hydrogens is 396 g/mol. The van der Waals surface area contributed by atoms with Gasteiger partial charge in [0.1, 0.15) is 0 Å². The first-order chi connectivity index (χ1) is 12.6. The fourth-order valence-corrected chi connectivity index (χ4v) is 3.06. The number of hydrazone groups is 1. The smallest absolute Gasteiger partial charge is 0.259 e. The first-order valence-corrected chi connectivity index (χ1v) is 8.74. The second-order valence-corrected chi connectivity index (χ2v) is 6.52. The van der Waals surface area contributed by atoms with E-state index in [1.54, 1.807) is 24.4 Å². The summed E-state index contributed by atoms with van der Waals surface area (Å²) < 4.78 is 2.67. The molecule has 6 nitrogen and oxygen atoms in total. The highest BCUT2D eigenvalue weighted by molar-refractivity contribution is 9.10. The van der Waals surface area contributed by atoms with E-state index in [2.05, 4.69) is 31.8 Å². The van der Waals surface area contributed by atoms with Crippen molar-refractivity contribution in [2.75, 3.05) is 6.54 Å². The summed E-state index contributed by atoms with van der Waals surface area (Å²) in [6.07, 6.45) is 3.53. The van der Waals surface area contributed by atoms with Gasteiger partial charge in [0.2, 0.25) is 0 Å². The second kappa shape index (κ2) is 7.97. The van der Waals surface area contributed by atoms with Gasteiger partial charge < -0.3 is 9.88 Å². The van der Waals surface area contributed by atoms with E-state index in [4.69, 9.17) is 0 Å². The van der Waals surface area contributed by atoms with Crippen molar-refractivity contribution >= 4 is 44.9 Å². The molecule has 2 N–H and O–H groups in total. The molecular formula is C19H17BrN4O2. The van der Waals surface area contributed by atoms with Crippen LogP contribution in [0.3, 0.4) is 0 Å². The molecule has 0 radical (unpaired) electrons. The van der Waals surface area contributed by atoms with E-state index in [0.717, 1.165) is 16.5 Å². The third-order valence-corrected chi connectivity index (χ3v) is 4.54. The van der Waals surface area contributed by atoms with Gasteiger partial charge in [-0.25, -0.2) is 5.43 Å². The van der Waals surface area contributed by atoms with Crippen molar-refractivity contribution in [1.29, 1.82) is 0 Å². The van der Waals surface area contributed by atoms with Crippen molar-refractivity contribution in [2.45, 2.75) is 0 Å². The number of hydrogen-bond donors (Lipinski definition) is 2. The van der Waals surface area contributed by atoms with Gasteiger partial charge in [0, 0.05) is 34.2 Å². The Labute approximate surface area is 159 Å². The fraction of sp³-hybridized carbons (Fsp3) is 0.105. The molecule has 0 saturated heterocycles. The number of nitrogens with zero attached hydrogens (tertiary/aromatic N) is 2. The zero-order valence-electron chi connectivity index (χ0n) is 14.1. The van der Waals surface area contributed by atoms with Gasteiger partial charge in [0.15, 0.2) is 0 Å². The van der Waals surface area contributed by atoms with E-state index < -0.39 is 5.91 Å². The number of benzene rings is 2. The molecule has 2 amide bonds. The van der Waals surface area contributed by atoms with Gasteiger partial charge in [0.25, 0.3) is 11.8 Å². The molecule has 0 atom stereocenters. The monoisotopic (exact) mass is 412 g/mol. The van der Waals surface area contributed by atoms with E-state index >= 15 is 0 Å². The number of fused-ring (bicyclic) bond motifs is 1. The topological polar surface area (TPSA) is 75.5 Å². The lowest BCUT2D eigenvalue weighted by Gasteiger charge is -2.05. The molecule has 26 heavy (non-hydrogen) atoms. The second-order valence-electron chi connectivity index (χ2n) is 5.67. The Morgan fingerprint density at radius 1 is 1.15 bits per heavy atom. The van der Waals surface area contributed by atoms with Crippen LogP contribution in [0.1, 0.15) is 15.9 Å². The van der Waals surface area contributed by atoms with Gasteiger partial charge >= 0.3 is 0 Å². The summed E-state index contributed by atoms with van der Waals surface area (Å²) in [6.45, 7) is -0.160. The quantitative estimate of drug-likeness (QED) is 0.499. The van der Waals surface area contributed by atoms with E-state index in [1.165, 1.54) is 0 Å². The molecule has 0 bridgehead atoms. The Morgan fingerprint density at radius 3 is 2.69 bits per heavy atom. The first-order valence-electron chi connectivity index (χ1n) is 7.95. The maximum atomic E-state index is 12.1. The third kappa shape index (κ3) is 4.00. The highest BCUT2D eigenvalue weighted by Gasteiger charge is 2.10. The predicted molar refractivity (Wildman–Crippen MR) is 105 cm³/mol. The van der Waals surface area contributed by atoms with Crippen molar-refractivity contribution in [3.63, 3.8) is 0 Å². The SMILES string of the molecule is Cn1cc(/C=N\NC(=O)CNC(=O)c2ccccc2Br)c2ccccc21. The van der Waals surface area contributed by atoms with Crippen LogP contribution in [0, 0.1) is 0 Å². The van der Waals surface area contributed by atoms with Gasteiger partial charge in [-0.3, -0.25) is 9.59 Å². The van der Waals surface area contributed by atoms with Crippen molar-refractivity contribution in [3.8, 4) is 0 Å². The zero-order chi connectivity index (χ0) is 18.5. The maximum Gasteiger partial charge on any atom is 0.259 e. The average molecular weight is 413 g/mol. The molecule has 0 fully saturated rings. The van der Waals surface area contributed by atoms with Crippen molar-refractivity contribution in [3.05, 3.63) is 70.3 Å².